The maximum absolute atomic E-state index is 5.43. The third-order valence-corrected chi connectivity index (χ3v) is 11.5. The van der Waals surface area contributed by atoms with Crippen molar-refractivity contribution in [2.45, 2.75) is 0 Å². The largest absolute Gasteiger partial charge is 0.294 e. The van der Waals surface area contributed by atoms with Crippen LogP contribution in [-0.2, 0) is 0 Å². The fourth-order valence-corrected chi connectivity index (χ4v) is 8.64. The normalized spacial score (nSPS) is 11.6. The molecule has 0 bridgehead atoms. The Balaban J connectivity index is 0.998. The average molecular weight is 782 g/mol. The Morgan fingerprint density at radius 2 is 0.754 bits per heavy atom. The maximum Gasteiger partial charge on any atom is 0.221 e. The van der Waals surface area contributed by atoms with E-state index in [2.05, 4.69) is 165 Å². The summed E-state index contributed by atoms with van der Waals surface area (Å²) in [6, 6.07) is 73.8. The van der Waals surface area contributed by atoms with Crippen LogP contribution in [0.25, 0.3) is 107 Å². The SMILES string of the molecule is c1ccc(-c2nc(-c3ccccc3)nc(-c3cccc(-c4cccc(-c5ccc6c(c5)n(-c5ccccc5)c5nc7c8ccccc8n(-c8ccccc8)c7n65)c4)c3)n2)cc1. The summed E-state index contributed by atoms with van der Waals surface area (Å²) in [5.41, 5.74) is 14.7. The van der Waals surface area contributed by atoms with Crippen molar-refractivity contribution < 1.29 is 0 Å². The fourth-order valence-electron chi connectivity index (χ4n) is 8.64. The Bertz CT molecular complexity index is 3510. The lowest BCUT2D eigenvalue weighted by Crippen LogP contribution is -2.00. The number of hydrogen-bond acceptors (Lipinski definition) is 4. The highest BCUT2D eigenvalue weighted by atomic mass is 15.3. The van der Waals surface area contributed by atoms with E-state index >= 15 is 0 Å². The first-order valence-corrected chi connectivity index (χ1v) is 20.4. The molecule has 0 atom stereocenters. The van der Waals surface area contributed by atoms with Gasteiger partial charge in [0.25, 0.3) is 0 Å². The van der Waals surface area contributed by atoms with Gasteiger partial charge in [0, 0.05) is 33.5 Å². The second-order valence-corrected chi connectivity index (χ2v) is 15.2. The standard InChI is InChI=1S/C54H35N7/c1-5-17-36(18-6-1)50-56-51(37-19-7-2-8-20-37)58-52(57-50)42-24-16-23-40(34-42)38-21-15-22-39(33-38)41-31-32-47-48(35-41)60(44-27-11-4-12-28-44)54-55-49-45-29-13-14-30-46(45)59(53(49)61(47)54)43-25-9-3-10-26-43/h1-35H. The van der Waals surface area contributed by atoms with Crippen LogP contribution >= 0.6 is 0 Å². The van der Waals surface area contributed by atoms with Crippen molar-refractivity contribution in [3.8, 4) is 67.8 Å². The summed E-state index contributed by atoms with van der Waals surface area (Å²) >= 11 is 0. The van der Waals surface area contributed by atoms with Crippen molar-refractivity contribution in [2.75, 3.05) is 0 Å². The molecule has 0 fully saturated rings. The predicted molar refractivity (Wildman–Crippen MR) is 247 cm³/mol. The molecule has 7 heteroatoms. The molecular formula is C54H35N7. The van der Waals surface area contributed by atoms with Crippen LogP contribution in [0, 0.1) is 0 Å². The number of nitrogens with zero attached hydrogens (tertiary/aromatic N) is 7. The molecule has 0 radical (unpaired) electrons. The molecule has 0 spiro atoms. The molecule has 61 heavy (non-hydrogen) atoms. The average Bonchev–Trinajstić information content (AvgIpc) is 3.98. The van der Waals surface area contributed by atoms with Crippen LogP contribution in [0.4, 0.5) is 0 Å². The number of aromatic nitrogens is 7. The zero-order chi connectivity index (χ0) is 40.3. The van der Waals surface area contributed by atoms with E-state index in [4.69, 9.17) is 19.9 Å². The first kappa shape index (κ1) is 34.6. The van der Waals surface area contributed by atoms with E-state index in [1.54, 1.807) is 0 Å². The summed E-state index contributed by atoms with van der Waals surface area (Å²) in [5, 5.41) is 1.12. The molecule has 0 aliphatic carbocycles. The second-order valence-electron chi connectivity index (χ2n) is 15.2. The number of benzene rings is 8. The molecule has 0 aliphatic rings. The minimum atomic E-state index is 0.628. The molecular weight excluding hydrogens is 747 g/mol. The van der Waals surface area contributed by atoms with E-state index in [1.165, 1.54) is 0 Å². The lowest BCUT2D eigenvalue weighted by Gasteiger charge is -2.11. The summed E-state index contributed by atoms with van der Waals surface area (Å²) in [5.74, 6) is 2.78. The summed E-state index contributed by atoms with van der Waals surface area (Å²) in [7, 11) is 0. The minimum Gasteiger partial charge on any atom is -0.294 e. The lowest BCUT2D eigenvalue weighted by molar-refractivity contribution is 1.07. The molecule has 8 aromatic carbocycles. The highest BCUT2D eigenvalue weighted by Gasteiger charge is 2.24. The second kappa shape index (κ2) is 14.1. The highest BCUT2D eigenvalue weighted by molar-refractivity contribution is 6.09. The van der Waals surface area contributed by atoms with E-state index in [0.29, 0.717) is 17.5 Å². The molecule has 4 heterocycles. The van der Waals surface area contributed by atoms with Gasteiger partial charge in [-0.15, -0.1) is 0 Å². The monoisotopic (exact) mass is 781 g/mol. The summed E-state index contributed by atoms with van der Waals surface area (Å²) in [6.07, 6.45) is 0. The molecule has 0 amide bonds. The Labute approximate surface area is 351 Å². The molecule has 286 valence electrons. The van der Waals surface area contributed by atoms with Gasteiger partial charge >= 0.3 is 0 Å². The number of hydrogen-bond donors (Lipinski definition) is 0. The van der Waals surface area contributed by atoms with Crippen LogP contribution < -0.4 is 0 Å². The van der Waals surface area contributed by atoms with E-state index in [0.717, 1.165) is 89.2 Å². The van der Waals surface area contributed by atoms with Gasteiger partial charge in [0.05, 0.1) is 16.6 Å². The molecule has 0 aliphatic heterocycles. The van der Waals surface area contributed by atoms with Gasteiger partial charge < -0.3 is 0 Å². The van der Waals surface area contributed by atoms with Crippen molar-refractivity contribution >= 4 is 38.9 Å². The maximum atomic E-state index is 5.43. The van der Waals surface area contributed by atoms with Crippen LogP contribution in [0.3, 0.4) is 0 Å². The van der Waals surface area contributed by atoms with Gasteiger partial charge in [-0.1, -0.05) is 158 Å². The first-order valence-electron chi connectivity index (χ1n) is 20.4. The third-order valence-electron chi connectivity index (χ3n) is 11.5. The minimum absolute atomic E-state index is 0.628. The van der Waals surface area contributed by atoms with E-state index < -0.39 is 0 Å². The van der Waals surface area contributed by atoms with Crippen molar-refractivity contribution in [1.29, 1.82) is 0 Å². The van der Waals surface area contributed by atoms with Gasteiger partial charge in [0.1, 0.15) is 5.52 Å². The Morgan fingerprint density at radius 1 is 0.295 bits per heavy atom. The van der Waals surface area contributed by atoms with Crippen LogP contribution in [-0.4, -0.2) is 33.5 Å². The topological polar surface area (TPSA) is 65.8 Å². The van der Waals surface area contributed by atoms with Gasteiger partial charge in [-0.3, -0.25) is 13.5 Å². The van der Waals surface area contributed by atoms with Gasteiger partial charge in [0.2, 0.25) is 5.78 Å². The first-order chi connectivity index (χ1) is 30.2. The van der Waals surface area contributed by atoms with Crippen molar-refractivity contribution in [1.82, 2.24) is 33.5 Å². The Kier molecular flexibility index (Phi) is 8.03. The molecule has 12 aromatic rings. The number of para-hydroxylation sites is 3. The van der Waals surface area contributed by atoms with Crippen molar-refractivity contribution in [2.24, 2.45) is 0 Å². The van der Waals surface area contributed by atoms with E-state index in [9.17, 15) is 0 Å². The zero-order valence-electron chi connectivity index (χ0n) is 32.8. The van der Waals surface area contributed by atoms with Crippen molar-refractivity contribution in [3.63, 3.8) is 0 Å². The number of fused-ring (bicyclic) bond motifs is 7. The quantitative estimate of drug-likeness (QED) is 0.161. The molecule has 12 rings (SSSR count). The molecule has 4 aromatic heterocycles. The van der Waals surface area contributed by atoms with Gasteiger partial charge in [0.15, 0.2) is 23.1 Å². The summed E-state index contributed by atoms with van der Waals surface area (Å²) in [6.45, 7) is 0. The molecule has 0 unspecified atom stereocenters. The Morgan fingerprint density at radius 3 is 1.36 bits per heavy atom. The Hall–Kier alpha value is -8.42. The van der Waals surface area contributed by atoms with Crippen LogP contribution in [0.15, 0.2) is 212 Å². The lowest BCUT2D eigenvalue weighted by atomic mass is 9.97. The predicted octanol–water partition coefficient (Wildman–Crippen LogP) is 12.9. The van der Waals surface area contributed by atoms with Gasteiger partial charge in [-0.25, -0.2) is 19.9 Å². The number of rotatable bonds is 7. The van der Waals surface area contributed by atoms with E-state index in [1.807, 2.05) is 60.7 Å². The molecule has 0 saturated heterocycles. The van der Waals surface area contributed by atoms with E-state index in [-0.39, 0.29) is 0 Å². The molecule has 7 nitrogen and oxygen atoms in total. The van der Waals surface area contributed by atoms with Crippen LogP contribution in [0.5, 0.6) is 0 Å². The van der Waals surface area contributed by atoms with Crippen LogP contribution in [0.2, 0.25) is 0 Å². The summed E-state index contributed by atoms with van der Waals surface area (Å²) in [4.78, 5) is 20.3. The zero-order valence-corrected chi connectivity index (χ0v) is 32.8. The van der Waals surface area contributed by atoms with Crippen LogP contribution in [0.1, 0.15) is 0 Å². The smallest absolute Gasteiger partial charge is 0.221 e. The number of imidazole rings is 2. The summed E-state index contributed by atoms with van der Waals surface area (Å²) < 4.78 is 6.95. The molecule has 0 N–H and O–H groups in total. The highest BCUT2D eigenvalue weighted by Crippen LogP contribution is 2.38. The fraction of sp³-hybridized carbons (Fsp3) is 0. The van der Waals surface area contributed by atoms with Gasteiger partial charge in [-0.05, 0) is 76.9 Å². The van der Waals surface area contributed by atoms with Crippen molar-refractivity contribution in [3.05, 3.63) is 212 Å². The molecule has 0 saturated carbocycles. The third kappa shape index (κ3) is 5.82. The van der Waals surface area contributed by atoms with Gasteiger partial charge in [-0.2, -0.15) is 0 Å².